The summed E-state index contributed by atoms with van der Waals surface area (Å²) >= 11 is 6.54. The van der Waals surface area contributed by atoms with Crippen LogP contribution < -0.4 is 10.2 Å². The van der Waals surface area contributed by atoms with Crippen molar-refractivity contribution in [3.05, 3.63) is 71.2 Å². The fraction of sp³-hybridized carbons (Fsp3) is 0.250. The second-order valence-corrected chi connectivity index (χ2v) is 7.78. The summed E-state index contributed by atoms with van der Waals surface area (Å²) < 4.78 is 0. The third-order valence-corrected chi connectivity index (χ3v) is 5.82. The van der Waals surface area contributed by atoms with E-state index in [0.29, 0.717) is 35.8 Å². The van der Waals surface area contributed by atoms with E-state index >= 15 is 0 Å². The Morgan fingerprint density at radius 2 is 1.70 bits per heavy atom. The van der Waals surface area contributed by atoms with Gasteiger partial charge in [0.25, 0.3) is 5.91 Å². The molecule has 1 N–H and O–H groups in total. The Hall–Kier alpha value is -3.05. The van der Waals surface area contributed by atoms with Crippen LogP contribution in [-0.4, -0.2) is 42.9 Å². The monoisotopic (exact) mass is 421 g/mol. The maximum absolute atomic E-state index is 12.9. The summed E-state index contributed by atoms with van der Waals surface area (Å²) in [7, 11) is 0. The number of carbonyl (C=O) groups excluding carboxylic acids is 2. The summed E-state index contributed by atoms with van der Waals surface area (Å²) in [6.07, 6.45) is 0.534. The molecule has 0 radical (unpaired) electrons. The highest BCUT2D eigenvalue weighted by Gasteiger charge is 2.21. The van der Waals surface area contributed by atoms with Gasteiger partial charge < -0.3 is 15.1 Å². The summed E-state index contributed by atoms with van der Waals surface area (Å²) in [6, 6.07) is 19.1. The molecule has 1 aliphatic heterocycles. The molecule has 1 heterocycles. The maximum atomic E-state index is 12.9. The van der Waals surface area contributed by atoms with Gasteiger partial charge in [0, 0.05) is 43.9 Å². The number of halogens is 1. The summed E-state index contributed by atoms with van der Waals surface area (Å²) in [5, 5.41) is 5.48. The standard InChI is InChI=1S/C24H24ClN3O2/c1-2-23(29)28-14-12-27(13-15-28)22-11-10-18(16-21(22)25)26-24(30)20-9-5-7-17-6-3-4-8-19(17)20/h3-11,16H,2,12-15H2,1H3,(H,26,30). The van der Waals surface area contributed by atoms with E-state index in [9.17, 15) is 9.59 Å². The molecular weight excluding hydrogens is 398 g/mol. The van der Waals surface area contributed by atoms with E-state index in [0.717, 1.165) is 29.5 Å². The van der Waals surface area contributed by atoms with E-state index in [1.54, 1.807) is 6.07 Å². The number of hydrogen-bond acceptors (Lipinski definition) is 3. The molecule has 4 rings (SSSR count). The summed E-state index contributed by atoms with van der Waals surface area (Å²) in [5.41, 5.74) is 2.20. The molecule has 1 fully saturated rings. The summed E-state index contributed by atoms with van der Waals surface area (Å²) in [5.74, 6) is 0.0227. The van der Waals surface area contributed by atoms with Crippen LogP contribution in [0.25, 0.3) is 10.8 Å². The molecule has 0 aromatic heterocycles. The van der Waals surface area contributed by atoms with Crippen molar-refractivity contribution < 1.29 is 9.59 Å². The van der Waals surface area contributed by atoms with Crippen molar-refractivity contribution in [1.29, 1.82) is 0 Å². The topological polar surface area (TPSA) is 52.7 Å². The fourth-order valence-electron chi connectivity index (χ4n) is 3.88. The largest absolute Gasteiger partial charge is 0.367 e. The van der Waals surface area contributed by atoms with Crippen molar-refractivity contribution in [2.75, 3.05) is 36.4 Å². The molecule has 0 bridgehead atoms. The normalized spacial score (nSPS) is 14.1. The van der Waals surface area contributed by atoms with Crippen molar-refractivity contribution in [3.63, 3.8) is 0 Å². The number of carbonyl (C=O) groups is 2. The quantitative estimate of drug-likeness (QED) is 0.658. The Labute approximate surface area is 181 Å². The van der Waals surface area contributed by atoms with Crippen LogP contribution in [0, 0.1) is 0 Å². The molecule has 0 spiro atoms. The van der Waals surface area contributed by atoms with E-state index in [1.165, 1.54) is 0 Å². The molecule has 0 saturated carbocycles. The van der Waals surface area contributed by atoms with Gasteiger partial charge in [-0.1, -0.05) is 54.9 Å². The highest BCUT2D eigenvalue weighted by atomic mass is 35.5. The molecule has 154 valence electrons. The Balaban J connectivity index is 1.47. The molecule has 5 nitrogen and oxygen atoms in total. The van der Waals surface area contributed by atoms with Crippen molar-refractivity contribution in [2.45, 2.75) is 13.3 Å². The van der Waals surface area contributed by atoms with E-state index in [2.05, 4.69) is 10.2 Å². The minimum absolute atomic E-state index is 0.165. The first-order valence-electron chi connectivity index (χ1n) is 10.2. The first kappa shape index (κ1) is 20.2. The zero-order valence-corrected chi connectivity index (χ0v) is 17.7. The van der Waals surface area contributed by atoms with Crippen LogP contribution in [0.4, 0.5) is 11.4 Å². The van der Waals surface area contributed by atoms with Crippen LogP contribution in [0.5, 0.6) is 0 Å². The molecule has 3 aromatic carbocycles. The molecule has 0 unspecified atom stereocenters. The summed E-state index contributed by atoms with van der Waals surface area (Å²) in [6.45, 7) is 4.77. The molecule has 3 aromatic rings. The Kier molecular flexibility index (Phi) is 5.91. The highest BCUT2D eigenvalue weighted by molar-refractivity contribution is 6.33. The molecule has 1 aliphatic rings. The van der Waals surface area contributed by atoms with Gasteiger partial charge >= 0.3 is 0 Å². The number of fused-ring (bicyclic) bond motifs is 1. The number of anilines is 2. The molecule has 0 atom stereocenters. The Bertz CT molecular complexity index is 1090. The van der Waals surface area contributed by atoms with Gasteiger partial charge in [0.1, 0.15) is 0 Å². The number of amides is 2. The third kappa shape index (κ3) is 4.12. The number of benzene rings is 3. The summed E-state index contributed by atoms with van der Waals surface area (Å²) in [4.78, 5) is 28.8. The van der Waals surface area contributed by atoms with Gasteiger partial charge in [-0.3, -0.25) is 9.59 Å². The fourth-order valence-corrected chi connectivity index (χ4v) is 4.18. The van der Waals surface area contributed by atoms with Crippen molar-refractivity contribution >= 4 is 45.6 Å². The smallest absolute Gasteiger partial charge is 0.256 e. The minimum atomic E-state index is -0.165. The van der Waals surface area contributed by atoms with Crippen molar-refractivity contribution in [3.8, 4) is 0 Å². The van der Waals surface area contributed by atoms with Gasteiger partial charge in [-0.2, -0.15) is 0 Å². The zero-order valence-electron chi connectivity index (χ0n) is 16.9. The molecular formula is C24H24ClN3O2. The SMILES string of the molecule is CCC(=O)N1CCN(c2ccc(NC(=O)c3cccc4ccccc34)cc2Cl)CC1. The van der Waals surface area contributed by atoms with E-state index in [4.69, 9.17) is 11.6 Å². The average molecular weight is 422 g/mol. The van der Waals surface area contributed by atoms with Crippen molar-refractivity contribution in [1.82, 2.24) is 4.90 Å². The first-order valence-corrected chi connectivity index (χ1v) is 10.6. The van der Waals surface area contributed by atoms with Crippen LogP contribution in [0.15, 0.2) is 60.7 Å². The number of nitrogens with zero attached hydrogens (tertiary/aromatic N) is 2. The number of hydrogen-bond donors (Lipinski definition) is 1. The lowest BCUT2D eigenvalue weighted by Gasteiger charge is -2.36. The lowest BCUT2D eigenvalue weighted by atomic mass is 10.0. The Morgan fingerprint density at radius 1 is 0.967 bits per heavy atom. The number of piperazine rings is 1. The van der Waals surface area contributed by atoms with Gasteiger partial charge in [0.05, 0.1) is 10.7 Å². The molecule has 0 aliphatic carbocycles. The van der Waals surface area contributed by atoms with Gasteiger partial charge in [-0.05, 0) is 35.0 Å². The first-order chi connectivity index (χ1) is 14.6. The Morgan fingerprint density at radius 3 is 2.43 bits per heavy atom. The zero-order chi connectivity index (χ0) is 21.1. The molecule has 6 heteroatoms. The van der Waals surface area contributed by atoms with E-state index < -0.39 is 0 Å². The minimum Gasteiger partial charge on any atom is -0.367 e. The average Bonchev–Trinajstić information content (AvgIpc) is 2.78. The van der Waals surface area contributed by atoms with Crippen LogP contribution >= 0.6 is 11.6 Å². The molecule has 30 heavy (non-hydrogen) atoms. The maximum Gasteiger partial charge on any atom is 0.256 e. The van der Waals surface area contributed by atoms with Crippen LogP contribution in [0.2, 0.25) is 5.02 Å². The van der Waals surface area contributed by atoms with Crippen LogP contribution in [0.1, 0.15) is 23.7 Å². The lowest BCUT2D eigenvalue weighted by molar-refractivity contribution is -0.131. The second kappa shape index (κ2) is 8.76. The van der Waals surface area contributed by atoms with E-state index in [-0.39, 0.29) is 11.8 Å². The number of rotatable bonds is 4. The van der Waals surface area contributed by atoms with Crippen molar-refractivity contribution in [2.24, 2.45) is 0 Å². The highest BCUT2D eigenvalue weighted by Crippen LogP contribution is 2.30. The van der Waals surface area contributed by atoms with Gasteiger partial charge in [0.2, 0.25) is 5.91 Å². The predicted molar refractivity (Wildman–Crippen MR) is 122 cm³/mol. The van der Waals surface area contributed by atoms with Gasteiger partial charge in [0.15, 0.2) is 0 Å². The lowest BCUT2D eigenvalue weighted by Crippen LogP contribution is -2.48. The second-order valence-electron chi connectivity index (χ2n) is 7.37. The van der Waals surface area contributed by atoms with Gasteiger partial charge in [-0.15, -0.1) is 0 Å². The van der Waals surface area contributed by atoms with Gasteiger partial charge in [-0.25, -0.2) is 0 Å². The van der Waals surface area contributed by atoms with Crippen LogP contribution in [-0.2, 0) is 4.79 Å². The molecule has 2 amide bonds. The predicted octanol–water partition coefficient (Wildman–Crippen LogP) is 4.80. The van der Waals surface area contributed by atoms with Crippen LogP contribution in [0.3, 0.4) is 0 Å². The van der Waals surface area contributed by atoms with E-state index in [1.807, 2.05) is 66.4 Å². The third-order valence-electron chi connectivity index (χ3n) is 5.52. The number of nitrogens with one attached hydrogen (secondary N) is 1. The molecule has 1 saturated heterocycles.